The Labute approximate surface area is 135 Å². The lowest BCUT2D eigenvalue weighted by molar-refractivity contribution is 1.22. The SMILES string of the molecule is Cc1cccc(-c2nc(-c3ccccc3)c3ccccc3n2)c1. The molecule has 0 aliphatic rings. The molecule has 0 saturated heterocycles. The maximum atomic E-state index is 4.87. The minimum atomic E-state index is 0.770. The molecule has 0 aliphatic heterocycles. The van der Waals surface area contributed by atoms with Gasteiger partial charge >= 0.3 is 0 Å². The first-order chi connectivity index (χ1) is 11.3. The van der Waals surface area contributed by atoms with Gasteiger partial charge in [-0.05, 0) is 19.1 Å². The van der Waals surface area contributed by atoms with Crippen LogP contribution in [-0.4, -0.2) is 9.97 Å². The fourth-order valence-electron chi connectivity index (χ4n) is 2.81. The molecule has 0 N–H and O–H groups in total. The van der Waals surface area contributed by atoms with Gasteiger partial charge in [0.15, 0.2) is 5.82 Å². The monoisotopic (exact) mass is 296 g/mol. The predicted octanol–water partition coefficient (Wildman–Crippen LogP) is 5.27. The average Bonchev–Trinajstić information content (AvgIpc) is 2.61. The number of fused-ring (bicyclic) bond motifs is 1. The quantitative estimate of drug-likeness (QED) is 0.503. The first kappa shape index (κ1) is 13.6. The molecule has 0 fully saturated rings. The molecule has 1 heterocycles. The van der Waals surface area contributed by atoms with Gasteiger partial charge in [-0.3, -0.25) is 0 Å². The van der Waals surface area contributed by atoms with Crippen molar-refractivity contribution in [3.8, 4) is 22.6 Å². The van der Waals surface area contributed by atoms with E-state index in [1.165, 1.54) is 5.56 Å². The zero-order chi connectivity index (χ0) is 15.6. The molecule has 0 saturated carbocycles. The molecule has 23 heavy (non-hydrogen) atoms. The second-order valence-electron chi connectivity index (χ2n) is 5.65. The van der Waals surface area contributed by atoms with Crippen molar-refractivity contribution in [2.24, 2.45) is 0 Å². The average molecular weight is 296 g/mol. The highest BCUT2D eigenvalue weighted by atomic mass is 14.9. The highest BCUT2D eigenvalue weighted by Gasteiger charge is 2.10. The molecule has 2 nitrogen and oxygen atoms in total. The number of hydrogen-bond donors (Lipinski definition) is 0. The normalized spacial score (nSPS) is 10.8. The molecule has 0 aliphatic carbocycles. The Balaban J connectivity index is 2.01. The number of nitrogens with zero attached hydrogens (tertiary/aromatic N) is 2. The third-order valence-corrected chi connectivity index (χ3v) is 3.93. The molecule has 0 atom stereocenters. The summed E-state index contributed by atoms with van der Waals surface area (Å²) < 4.78 is 0. The third-order valence-electron chi connectivity index (χ3n) is 3.93. The number of aryl methyl sites for hydroxylation is 1. The van der Waals surface area contributed by atoms with Crippen LogP contribution in [0.1, 0.15) is 5.56 Å². The predicted molar refractivity (Wildman–Crippen MR) is 95.1 cm³/mol. The minimum Gasteiger partial charge on any atom is -0.228 e. The fourth-order valence-corrected chi connectivity index (χ4v) is 2.81. The summed E-state index contributed by atoms with van der Waals surface area (Å²) in [6.07, 6.45) is 0. The number of rotatable bonds is 2. The van der Waals surface area contributed by atoms with E-state index in [1.54, 1.807) is 0 Å². The van der Waals surface area contributed by atoms with Gasteiger partial charge in [-0.2, -0.15) is 0 Å². The van der Waals surface area contributed by atoms with Crippen LogP contribution in [0.4, 0.5) is 0 Å². The van der Waals surface area contributed by atoms with Crippen molar-refractivity contribution < 1.29 is 0 Å². The summed E-state index contributed by atoms with van der Waals surface area (Å²) in [4.78, 5) is 9.63. The lowest BCUT2D eigenvalue weighted by Gasteiger charge is -2.09. The molecule has 0 spiro atoms. The lowest BCUT2D eigenvalue weighted by atomic mass is 10.1. The van der Waals surface area contributed by atoms with Gasteiger partial charge in [-0.1, -0.05) is 72.3 Å². The molecule has 0 bridgehead atoms. The zero-order valence-electron chi connectivity index (χ0n) is 12.9. The van der Waals surface area contributed by atoms with E-state index in [1.807, 2.05) is 42.5 Å². The third kappa shape index (κ3) is 2.59. The van der Waals surface area contributed by atoms with Crippen molar-refractivity contribution in [3.05, 3.63) is 84.4 Å². The summed E-state index contributed by atoms with van der Waals surface area (Å²) in [6, 6.07) is 26.8. The molecular weight excluding hydrogens is 280 g/mol. The Morgan fingerprint density at radius 3 is 2.22 bits per heavy atom. The van der Waals surface area contributed by atoms with Crippen LogP contribution in [0.5, 0.6) is 0 Å². The summed E-state index contributed by atoms with van der Waals surface area (Å²) in [7, 11) is 0. The maximum absolute atomic E-state index is 4.87. The maximum Gasteiger partial charge on any atom is 0.160 e. The van der Waals surface area contributed by atoms with Gasteiger partial charge in [0.1, 0.15) is 0 Å². The van der Waals surface area contributed by atoms with Crippen LogP contribution in [0.15, 0.2) is 78.9 Å². The topological polar surface area (TPSA) is 25.8 Å². The van der Waals surface area contributed by atoms with Crippen LogP contribution >= 0.6 is 0 Å². The largest absolute Gasteiger partial charge is 0.228 e. The van der Waals surface area contributed by atoms with Gasteiger partial charge in [0, 0.05) is 16.5 Å². The Morgan fingerprint density at radius 1 is 0.652 bits per heavy atom. The van der Waals surface area contributed by atoms with E-state index in [2.05, 4.69) is 43.3 Å². The molecule has 1 aromatic heterocycles. The Morgan fingerprint density at radius 2 is 1.39 bits per heavy atom. The molecular formula is C21H16N2. The van der Waals surface area contributed by atoms with Crippen LogP contribution in [0.2, 0.25) is 0 Å². The second kappa shape index (κ2) is 5.65. The van der Waals surface area contributed by atoms with E-state index in [9.17, 15) is 0 Å². The van der Waals surface area contributed by atoms with Gasteiger partial charge in [0.05, 0.1) is 11.2 Å². The molecule has 4 aromatic rings. The number of para-hydroxylation sites is 1. The highest BCUT2D eigenvalue weighted by Crippen LogP contribution is 2.28. The van der Waals surface area contributed by atoms with E-state index in [-0.39, 0.29) is 0 Å². The summed E-state index contributed by atoms with van der Waals surface area (Å²) >= 11 is 0. The minimum absolute atomic E-state index is 0.770. The van der Waals surface area contributed by atoms with E-state index >= 15 is 0 Å². The van der Waals surface area contributed by atoms with E-state index < -0.39 is 0 Å². The van der Waals surface area contributed by atoms with Gasteiger partial charge in [-0.25, -0.2) is 9.97 Å². The van der Waals surface area contributed by atoms with Crippen LogP contribution in [-0.2, 0) is 0 Å². The van der Waals surface area contributed by atoms with Gasteiger partial charge in [0.25, 0.3) is 0 Å². The lowest BCUT2D eigenvalue weighted by Crippen LogP contribution is -1.95. The van der Waals surface area contributed by atoms with Crippen LogP contribution in [0, 0.1) is 6.92 Å². The molecule has 0 unspecified atom stereocenters. The first-order valence-corrected chi connectivity index (χ1v) is 7.70. The molecule has 0 amide bonds. The van der Waals surface area contributed by atoms with Crippen LogP contribution < -0.4 is 0 Å². The number of benzene rings is 3. The van der Waals surface area contributed by atoms with Crippen LogP contribution in [0.25, 0.3) is 33.5 Å². The fraction of sp³-hybridized carbons (Fsp3) is 0.0476. The molecule has 0 radical (unpaired) electrons. The first-order valence-electron chi connectivity index (χ1n) is 7.70. The highest BCUT2D eigenvalue weighted by molar-refractivity contribution is 5.93. The Hall–Kier alpha value is -3.00. The number of aromatic nitrogens is 2. The molecule has 2 heteroatoms. The van der Waals surface area contributed by atoms with E-state index in [4.69, 9.17) is 9.97 Å². The van der Waals surface area contributed by atoms with Crippen molar-refractivity contribution in [2.45, 2.75) is 6.92 Å². The molecule has 4 rings (SSSR count). The van der Waals surface area contributed by atoms with Gasteiger partial charge in [-0.15, -0.1) is 0 Å². The summed E-state index contributed by atoms with van der Waals surface area (Å²) in [5.74, 6) is 0.770. The van der Waals surface area contributed by atoms with Gasteiger partial charge < -0.3 is 0 Å². The van der Waals surface area contributed by atoms with Crippen molar-refractivity contribution in [1.82, 2.24) is 9.97 Å². The molecule has 110 valence electrons. The number of hydrogen-bond acceptors (Lipinski definition) is 2. The van der Waals surface area contributed by atoms with E-state index in [0.717, 1.165) is 33.5 Å². The van der Waals surface area contributed by atoms with Crippen molar-refractivity contribution in [1.29, 1.82) is 0 Å². The second-order valence-corrected chi connectivity index (χ2v) is 5.65. The summed E-state index contributed by atoms with van der Waals surface area (Å²) in [6.45, 7) is 2.09. The van der Waals surface area contributed by atoms with Crippen molar-refractivity contribution >= 4 is 10.9 Å². The summed E-state index contributed by atoms with van der Waals surface area (Å²) in [5.41, 5.74) is 5.32. The van der Waals surface area contributed by atoms with E-state index in [0.29, 0.717) is 0 Å². The van der Waals surface area contributed by atoms with Crippen LogP contribution in [0.3, 0.4) is 0 Å². The zero-order valence-corrected chi connectivity index (χ0v) is 12.9. The van der Waals surface area contributed by atoms with Crippen molar-refractivity contribution in [3.63, 3.8) is 0 Å². The Kier molecular flexibility index (Phi) is 3.35. The molecule has 3 aromatic carbocycles. The smallest absolute Gasteiger partial charge is 0.160 e. The standard InChI is InChI=1S/C21H16N2/c1-15-8-7-11-17(14-15)21-22-19-13-6-5-12-18(19)20(23-21)16-9-3-2-4-10-16/h2-14H,1H3. The summed E-state index contributed by atoms with van der Waals surface area (Å²) in [5, 5.41) is 1.08. The van der Waals surface area contributed by atoms with Gasteiger partial charge in [0.2, 0.25) is 0 Å². The van der Waals surface area contributed by atoms with Crippen molar-refractivity contribution in [2.75, 3.05) is 0 Å². The Bertz CT molecular complexity index is 975.